The minimum Gasteiger partial charge on any atom is -0.493 e. The zero-order valence-corrected chi connectivity index (χ0v) is 17.8. The van der Waals surface area contributed by atoms with Crippen LogP contribution in [-0.2, 0) is 6.54 Å². The number of ether oxygens (including phenoxy) is 2. The molecule has 5 nitrogen and oxygen atoms in total. The maximum atomic E-state index is 13.6. The molecule has 0 aliphatic carbocycles. The second-order valence-electron chi connectivity index (χ2n) is 5.47. The van der Waals surface area contributed by atoms with E-state index in [1.54, 1.807) is 27.2 Å². The number of halogens is 2. The van der Waals surface area contributed by atoms with Crippen LogP contribution in [0.1, 0.15) is 18.1 Å². The van der Waals surface area contributed by atoms with Crippen LogP contribution in [-0.4, -0.2) is 26.7 Å². The molecule has 2 rings (SSSR count). The number of methoxy groups -OCH3 is 2. The lowest BCUT2D eigenvalue weighted by Crippen LogP contribution is -2.30. The molecule has 0 amide bonds. The Labute approximate surface area is 171 Å². The van der Waals surface area contributed by atoms with Gasteiger partial charge in [-0.1, -0.05) is 12.1 Å². The summed E-state index contributed by atoms with van der Waals surface area (Å²) in [6.45, 7) is 4.81. The summed E-state index contributed by atoms with van der Waals surface area (Å²) in [5.74, 6) is 1.68. The number of guanidine groups is 1. The molecule has 0 heterocycles. The highest BCUT2D eigenvalue weighted by Crippen LogP contribution is 2.29. The molecule has 0 aliphatic rings. The third kappa shape index (κ3) is 6.05. The van der Waals surface area contributed by atoms with Crippen molar-refractivity contribution in [2.45, 2.75) is 20.4 Å². The minimum atomic E-state index is -0.217. The molecule has 2 N–H and O–H groups in total. The van der Waals surface area contributed by atoms with Crippen LogP contribution in [0.5, 0.6) is 11.5 Å². The van der Waals surface area contributed by atoms with E-state index < -0.39 is 0 Å². The molecule has 0 aliphatic heterocycles. The maximum Gasteiger partial charge on any atom is 0.196 e. The molecule has 0 spiro atoms. The van der Waals surface area contributed by atoms with Gasteiger partial charge in [0.05, 0.1) is 20.8 Å². The highest BCUT2D eigenvalue weighted by molar-refractivity contribution is 14.0. The van der Waals surface area contributed by atoms with Crippen molar-refractivity contribution in [2.24, 2.45) is 4.99 Å². The average Bonchev–Trinajstić information content (AvgIpc) is 2.62. The summed E-state index contributed by atoms with van der Waals surface area (Å²) in [5.41, 5.74) is 2.25. The zero-order valence-electron chi connectivity index (χ0n) is 15.4. The highest BCUT2D eigenvalue weighted by atomic mass is 127. The van der Waals surface area contributed by atoms with Gasteiger partial charge < -0.3 is 20.1 Å². The lowest BCUT2D eigenvalue weighted by atomic mass is 10.1. The summed E-state index contributed by atoms with van der Waals surface area (Å²) in [4.78, 5) is 4.50. The summed E-state index contributed by atoms with van der Waals surface area (Å²) in [6, 6.07) is 10.7. The molecular weight excluding hydrogens is 448 g/mol. The maximum absolute atomic E-state index is 13.6. The number of aliphatic imine (C=N–C) groups is 1. The van der Waals surface area contributed by atoms with Gasteiger partial charge in [-0.3, -0.25) is 0 Å². The van der Waals surface area contributed by atoms with E-state index in [4.69, 9.17) is 9.47 Å². The number of nitrogens with zero attached hydrogens (tertiary/aromatic N) is 1. The standard InChI is InChI=1S/C19H24FN3O2.HI/c1-5-21-19(22-12-14-7-6-13(2)16(20)10-14)23-15-8-9-17(24-3)18(11-15)25-4;/h6-11H,5,12H2,1-4H3,(H2,21,22,23);1H. The summed E-state index contributed by atoms with van der Waals surface area (Å²) < 4.78 is 24.2. The third-order valence-corrected chi connectivity index (χ3v) is 3.65. The molecule has 142 valence electrons. The van der Waals surface area contributed by atoms with Crippen molar-refractivity contribution in [1.82, 2.24) is 5.32 Å². The van der Waals surface area contributed by atoms with Crippen LogP contribution >= 0.6 is 24.0 Å². The first-order chi connectivity index (χ1) is 12.1. The second kappa shape index (κ2) is 10.8. The Balaban J connectivity index is 0.00000338. The molecule has 7 heteroatoms. The quantitative estimate of drug-likeness (QED) is 0.372. The highest BCUT2D eigenvalue weighted by Gasteiger charge is 2.06. The molecule has 2 aromatic carbocycles. The van der Waals surface area contributed by atoms with Crippen molar-refractivity contribution in [1.29, 1.82) is 0 Å². The van der Waals surface area contributed by atoms with E-state index in [1.165, 1.54) is 6.07 Å². The fourth-order valence-electron chi connectivity index (χ4n) is 2.26. The van der Waals surface area contributed by atoms with Crippen molar-refractivity contribution in [3.63, 3.8) is 0 Å². The number of rotatable bonds is 6. The first-order valence-corrected chi connectivity index (χ1v) is 8.09. The van der Waals surface area contributed by atoms with E-state index in [0.29, 0.717) is 36.1 Å². The van der Waals surface area contributed by atoms with E-state index >= 15 is 0 Å². The smallest absolute Gasteiger partial charge is 0.196 e. The van der Waals surface area contributed by atoms with Crippen molar-refractivity contribution >= 4 is 35.6 Å². The van der Waals surface area contributed by atoms with Gasteiger partial charge in [-0.05, 0) is 43.2 Å². The van der Waals surface area contributed by atoms with E-state index in [2.05, 4.69) is 15.6 Å². The van der Waals surface area contributed by atoms with Crippen LogP contribution in [0.2, 0.25) is 0 Å². The summed E-state index contributed by atoms with van der Waals surface area (Å²) >= 11 is 0. The molecule has 2 aromatic rings. The first-order valence-electron chi connectivity index (χ1n) is 8.09. The Kier molecular flexibility index (Phi) is 9.18. The number of aryl methyl sites for hydroxylation is 1. The predicted molar refractivity (Wildman–Crippen MR) is 115 cm³/mol. The largest absolute Gasteiger partial charge is 0.493 e. The number of hydrogen-bond acceptors (Lipinski definition) is 3. The molecule has 0 saturated carbocycles. The van der Waals surface area contributed by atoms with Crippen LogP contribution in [0.15, 0.2) is 41.4 Å². The van der Waals surface area contributed by atoms with E-state index in [9.17, 15) is 4.39 Å². The van der Waals surface area contributed by atoms with Crippen molar-refractivity contribution < 1.29 is 13.9 Å². The monoisotopic (exact) mass is 473 g/mol. The van der Waals surface area contributed by atoms with Crippen LogP contribution in [0, 0.1) is 12.7 Å². The fraction of sp³-hybridized carbons (Fsp3) is 0.316. The number of nitrogens with one attached hydrogen (secondary N) is 2. The summed E-state index contributed by atoms with van der Waals surface area (Å²) in [5, 5.41) is 6.38. The normalized spacial score (nSPS) is 10.7. The van der Waals surface area contributed by atoms with Crippen LogP contribution in [0.4, 0.5) is 10.1 Å². The number of benzene rings is 2. The molecule has 0 fully saturated rings. The van der Waals surface area contributed by atoms with E-state index in [-0.39, 0.29) is 29.8 Å². The lowest BCUT2D eigenvalue weighted by Gasteiger charge is -2.14. The van der Waals surface area contributed by atoms with E-state index in [0.717, 1.165) is 11.3 Å². The minimum absolute atomic E-state index is 0. The number of hydrogen-bond donors (Lipinski definition) is 2. The molecule has 0 aromatic heterocycles. The summed E-state index contributed by atoms with van der Waals surface area (Å²) in [7, 11) is 3.18. The van der Waals surface area contributed by atoms with Gasteiger partial charge in [0.25, 0.3) is 0 Å². The van der Waals surface area contributed by atoms with Gasteiger partial charge in [-0.15, -0.1) is 24.0 Å². The third-order valence-electron chi connectivity index (χ3n) is 3.65. The molecule has 0 unspecified atom stereocenters. The fourth-order valence-corrected chi connectivity index (χ4v) is 2.26. The van der Waals surface area contributed by atoms with Gasteiger partial charge >= 0.3 is 0 Å². The molecule has 26 heavy (non-hydrogen) atoms. The molecule has 0 radical (unpaired) electrons. The second-order valence-corrected chi connectivity index (χ2v) is 5.47. The van der Waals surface area contributed by atoms with Gasteiger partial charge in [0, 0.05) is 18.3 Å². The van der Waals surface area contributed by atoms with E-state index in [1.807, 2.05) is 31.2 Å². The van der Waals surface area contributed by atoms with Gasteiger partial charge in [-0.25, -0.2) is 9.38 Å². The van der Waals surface area contributed by atoms with Crippen LogP contribution in [0.3, 0.4) is 0 Å². The van der Waals surface area contributed by atoms with Gasteiger partial charge in [0.2, 0.25) is 0 Å². The predicted octanol–water partition coefficient (Wildman–Crippen LogP) is 4.35. The Hall–Kier alpha value is -2.03. The Bertz CT molecular complexity index is 754. The van der Waals surface area contributed by atoms with Crippen LogP contribution in [0.25, 0.3) is 0 Å². The zero-order chi connectivity index (χ0) is 18.2. The lowest BCUT2D eigenvalue weighted by molar-refractivity contribution is 0.355. The van der Waals surface area contributed by atoms with Gasteiger partial charge in [0.15, 0.2) is 17.5 Å². The molecule has 0 saturated heterocycles. The van der Waals surface area contributed by atoms with Crippen molar-refractivity contribution in [3.05, 3.63) is 53.3 Å². The SMILES string of the molecule is CCNC(=NCc1ccc(C)c(F)c1)Nc1ccc(OC)c(OC)c1.I. The molecular formula is C19H25FIN3O2. The Morgan fingerprint density at radius 2 is 1.81 bits per heavy atom. The van der Waals surface area contributed by atoms with Crippen LogP contribution < -0.4 is 20.1 Å². The topological polar surface area (TPSA) is 54.9 Å². The molecule has 0 bridgehead atoms. The average molecular weight is 473 g/mol. The number of anilines is 1. The van der Waals surface area contributed by atoms with Gasteiger partial charge in [0.1, 0.15) is 5.82 Å². The Morgan fingerprint density at radius 3 is 2.42 bits per heavy atom. The summed E-state index contributed by atoms with van der Waals surface area (Å²) in [6.07, 6.45) is 0. The van der Waals surface area contributed by atoms with Crippen molar-refractivity contribution in [2.75, 3.05) is 26.1 Å². The van der Waals surface area contributed by atoms with Gasteiger partial charge in [-0.2, -0.15) is 0 Å². The first kappa shape index (κ1) is 22.0. The Morgan fingerprint density at radius 1 is 1.08 bits per heavy atom. The van der Waals surface area contributed by atoms with Crippen molar-refractivity contribution in [3.8, 4) is 11.5 Å². The molecule has 0 atom stereocenters.